The second-order valence-corrected chi connectivity index (χ2v) is 10.4. The molecule has 2 aromatic carbocycles. The molecule has 1 aromatic heterocycles. The first-order valence-electron chi connectivity index (χ1n) is 13.2. The number of ether oxygens (including phenoxy) is 1. The number of urea groups is 1. The summed E-state index contributed by atoms with van der Waals surface area (Å²) in [6.45, 7) is 3.70. The molecule has 12 heteroatoms. The van der Waals surface area contributed by atoms with Gasteiger partial charge in [0, 0.05) is 37.4 Å². The highest BCUT2D eigenvalue weighted by atomic mass is 35.5. The Bertz CT molecular complexity index is 1640. The van der Waals surface area contributed by atoms with E-state index >= 15 is 0 Å². The third-order valence-corrected chi connectivity index (χ3v) is 7.58. The highest BCUT2D eigenvalue weighted by Gasteiger charge is 2.29. The topological polar surface area (TPSA) is 138 Å². The van der Waals surface area contributed by atoms with Crippen LogP contribution < -0.4 is 21.9 Å². The van der Waals surface area contributed by atoms with Gasteiger partial charge in [-0.25, -0.2) is 9.59 Å². The number of benzene rings is 2. The van der Waals surface area contributed by atoms with Gasteiger partial charge in [-0.2, -0.15) is 5.26 Å². The van der Waals surface area contributed by atoms with Gasteiger partial charge in [-0.1, -0.05) is 11.6 Å². The number of nitriles is 1. The van der Waals surface area contributed by atoms with Crippen LogP contribution in [0, 0.1) is 17.2 Å². The van der Waals surface area contributed by atoms with Crippen molar-refractivity contribution in [2.24, 2.45) is 5.92 Å². The molecule has 0 spiro atoms. The maximum absolute atomic E-state index is 13.3. The molecular weight excluding hydrogens is 536 g/mol. The molecule has 2 N–H and O–H groups in total. The summed E-state index contributed by atoms with van der Waals surface area (Å²) < 4.78 is 8.43. The Morgan fingerprint density at radius 2 is 1.95 bits per heavy atom. The van der Waals surface area contributed by atoms with E-state index in [0.29, 0.717) is 54.3 Å². The van der Waals surface area contributed by atoms with Crippen LogP contribution in [0.5, 0.6) is 0 Å². The molecule has 1 saturated heterocycles. The zero-order chi connectivity index (χ0) is 28.4. The number of nitrogens with one attached hydrogen (secondary N) is 2. The van der Waals surface area contributed by atoms with Crippen molar-refractivity contribution >= 4 is 40.1 Å². The molecule has 3 aromatic rings. The van der Waals surface area contributed by atoms with E-state index < -0.39 is 18.0 Å². The lowest BCUT2D eigenvalue weighted by atomic mass is 10.1. The molecule has 1 saturated carbocycles. The summed E-state index contributed by atoms with van der Waals surface area (Å²) in [6, 6.07) is 10.5. The van der Waals surface area contributed by atoms with Gasteiger partial charge in [0.25, 0.3) is 11.5 Å². The van der Waals surface area contributed by atoms with Crippen LogP contribution in [0.3, 0.4) is 0 Å². The van der Waals surface area contributed by atoms with Crippen LogP contribution in [0.25, 0.3) is 10.9 Å². The SMILES string of the molecule is CCn1c(=O)n(CC2CC2)c(=O)c2cc(NC(=O)N3CCOCC3CNC(=O)c3ccc(C#N)c(Cl)c3)ccc21. The fourth-order valence-corrected chi connectivity index (χ4v) is 5.10. The number of anilines is 1. The molecule has 2 fully saturated rings. The number of nitrogens with zero attached hydrogens (tertiary/aromatic N) is 4. The number of amides is 3. The zero-order valence-electron chi connectivity index (χ0n) is 22.0. The fourth-order valence-electron chi connectivity index (χ4n) is 4.87. The zero-order valence-corrected chi connectivity index (χ0v) is 22.7. The van der Waals surface area contributed by atoms with Crippen molar-refractivity contribution in [1.29, 1.82) is 5.26 Å². The van der Waals surface area contributed by atoms with Crippen LogP contribution in [0.15, 0.2) is 46.0 Å². The standard InChI is InChI=1S/C28H29ClN6O5/c1-2-33-24-8-7-20(12-22(24)26(37)35(28(33)39)15-17-3-4-17)32-27(38)34-9-10-40-16-21(34)14-31-25(36)18-5-6-19(13-30)23(29)11-18/h5-8,11-12,17,21H,2-4,9-10,14-16H2,1H3,(H,31,36)(H,32,38). The van der Waals surface area contributed by atoms with Crippen LogP contribution >= 0.6 is 11.6 Å². The largest absolute Gasteiger partial charge is 0.377 e. The molecule has 5 rings (SSSR count). The van der Waals surface area contributed by atoms with Gasteiger partial charge in [0.15, 0.2) is 0 Å². The van der Waals surface area contributed by atoms with E-state index in [-0.39, 0.29) is 35.0 Å². The Kier molecular flexibility index (Phi) is 7.91. The van der Waals surface area contributed by atoms with Crippen LogP contribution in [-0.4, -0.2) is 58.3 Å². The third kappa shape index (κ3) is 5.59. The number of hydrogen-bond acceptors (Lipinski definition) is 6. The lowest BCUT2D eigenvalue weighted by Gasteiger charge is -2.35. The van der Waals surface area contributed by atoms with Crippen molar-refractivity contribution in [3.63, 3.8) is 0 Å². The average molecular weight is 565 g/mol. The molecule has 1 atom stereocenters. The summed E-state index contributed by atoms with van der Waals surface area (Å²) in [5.41, 5.74) is 0.849. The Labute approximate surface area is 234 Å². The maximum atomic E-state index is 13.3. The van der Waals surface area contributed by atoms with Crippen LogP contribution in [0.1, 0.15) is 35.7 Å². The van der Waals surface area contributed by atoms with E-state index in [2.05, 4.69) is 10.6 Å². The van der Waals surface area contributed by atoms with Gasteiger partial charge in [-0.05, 0) is 62.1 Å². The minimum absolute atomic E-state index is 0.135. The molecule has 11 nitrogen and oxygen atoms in total. The Morgan fingerprint density at radius 1 is 1.15 bits per heavy atom. The van der Waals surface area contributed by atoms with Gasteiger partial charge in [-0.3, -0.25) is 18.7 Å². The first kappa shape index (κ1) is 27.4. The fraction of sp³-hybridized carbons (Fsp3) is 0.393. The number of halogens is 1. The summed E-state index contributed by atoms with van der Waals surface area (Å²) >= 11 is 6.05. The van der Waals surface area contributed by atoms with Gasteiger partial charge >= 0.3 is 11.7 Å². The van der Waals surface area contributed by atoms with E-state index in [4.69, 9.17) is 21.6 Å². The van der Waals surface area contributed by atoms with E-state index in [1.807, 2.05) is 13.0 Å². The average Bonchev–Trinajstić information content (AvgIpc) is 3.79. The first-order valence-corrected chi connectivity index (χ1v) is 13.6. The molecule has 3 amide bonds. The van der Waals surface area contributed by atoms with Crippen LogP contribution in [-0.2, 0) is 17.8 Å². The monoisotopic (exact) mass is 564 g/mol. The van der Waals surface area contributed by atoms with E-state index in [0.717, 1.165) is 12.8 Å². The number of rotatable bonds is 7. The van der Waals surface area contributed by atoms with Crippen molar-refractivity contribution in [3.8, 4) is 6.07 Å². The van der Waals surface area contributed by atoms with Gasteiger partial charge < -0.3 is 20.3 Å². The smallest absolute Gasteiger partial charge is 0.331 e. The number of carbonyl (C=O) groups is 2. The van der Waals surface area contributed by atoms with E-state index in [1.54, 1.807) is 27.7 Å². The lowest BCUT2D eigenvalue weighted by Crippen LogP contribution is -2.54. The van der Waals surface area contributed by atoms with E-state index in [1.165, 1.54) is 22.8 Å². The molecular formula is C28H29ClN6O5. The molecule has 1 aliphatic heterocycles. The first-order chi connectivity index (χ1) is 19.3. The van der Waals surface area contributed by atoms with Gasteiger partial charge in [0.2, 0.25) is 0 Å². The summed E-state index contributed by atoms with van der Waals surface area (Å²) in [7, 11) is 0. The molecule has 0 radical (unpaired) electrons. The molecule has 1 aliphatic carbocycles. The van der Waals surface area contributed by atoms with Crippen molar-refractivity contribution in [3.05, 3.63) is 73.4 Å². The van der Waals surface area contributed by atoms with Crippen LogP contribution in [0.4, 0.5) is 10.5 Å². The highest BCUT2D eigenvalue weighted by molar-refractivity contribution is 6.32. The van der Waals surface area contributed by atoms with Crippen molar-refractivity contribution in [2.45, 2.75) is 38.9 Å². The number of aryl methyl sites for hydroxylation is 1. The number of hydrogen-bond donors (Lipinski definition) is 2. The Hall–Kier alpha value is -4.14. The summed E-state index contributed by atoms with van der Waals surface area (Å²) in [5.74, 6) is -0.0417. The van der Waals surface area contributed by atoms with E-state index in [9.17, 15) is 19.2 Å². The third-order valence-electron chi connectivity index (χ3n) is 7.27. The second-order valence-electron chi connectivity index (χ2n) is 9.99. The van der Waals surface area contributed by atoms with Crippen molar-refractivity contribution < 1.29 is 14.3 Å². The molecule has 1 unspecified atom stereocenters. The normalized spacial score (nSPS) is 16.9. The van der Waals surface area contributed by atoms with Crippen LogP contribution in [0.2, 0.25) is 5.02 Å². The lowest BCUT2D eigenvalue weighted by molar-refractivity contribution is 0.0159. The Morgan fingerprint density at radius 3 is 2.65 bits per heavy atom. The predicted octanol–water partition coefficient (Wildman–Crippen LogP) is 2.78. The molecule has 40 heavy (non-hydrogen) atoms. The quantitative estimate of drug-likeness (QED) is 0.452. The minimum atomic E-state index is -0.437. The number of aromatic nitrogens is 2. The minimum Gasteiger partial charge on any atom is -0.377 e. The van der Waals surface area contributed by atoms with Crippen molar-refractivity contribution in [2.75, 3.05) is 31.6 Å². The Balaban J connectivity index is 1.32. The highest BCUT2D eigenvalue weighted by Crippen LogP contribution is 2.30. The van der Waals surface area contributed by atoms with Gasteiger partial charge in [0.05, 0.1) is 40.7 Å². The summed E-state index contributed by atoms with van der Waals surface area (Å²) in [4.78, 5) is 53.7. The van der Waals surface area contributed by atoms with Gasteiger partial charge in [-0.15, -0.1) is 0 Å². The molecule has 2 aliphatic rings. The maximum Gasteiger partial charge on any atom is 0.331 e. The van der Waals surface area contributed by atoms with Gasteiger partial charge in [0.1, 0.15) is 6.07 Å². The summed E-state index contributed by atoms with van der Waals surface area (Å²) in [5, 5.41) is 15.2. The molecule has 208 valence electrons. The number of morpholine rings is 1. The molecule has 0 bridgehead atoms. The predicted molar refractivity (Wildman–Crippen MR) is 150 cm³/mol. The second kappa shape index (κ2) is 11.5. The number of fused-ring (bicyclic) bond motifs is 1. The summed E-state index contributed by atoms with van der Waals surface area (Å²) in [6.07, 6.45) is 2.02. The van der Waals surface area contributed by atoms with Crippen molar-refractivity contribution in [1.82, 2.24) is 19.4 Å². The number of carbonyl (C=O) groups excluding carboxylic acids is 2. The molecule has 2 heterocycles.